The molecule has 2 saturated heterocycles. The lowest BCUT2D eigenvalue weighted by molar-refractivity contribution is 0.256. The third-order valence-corrected chi connectivity index (χ3v) is 7.15. The lowest BCUT2D eigenvalue weighted by atomic mass is 10.2. The van der Waals surface area contributed by atoms with Crippen LogP contribution in [0.1, 0.15) is 19.8 Å². The predicted molar refractivity (Wildman–Crippen MR) is 131 cm³/mol. The minimum Gasteiger partial charge on any atom is -0.367 e. The normalized spacial score (nSPS) is 21.9. The number of anilines is 1. The Morgan fingerprint density at radius 1 is 1.23 bits per heavy atom. The van der Waals surface area contributed by atoms with Crippen molar-refractivity contribution in [2.75, 3.05) is 62.2 Å². The van der Waals surface area contributed by atoms with E-state index in [0.717, 1.165) is 45.7 Å². The molecule has 2 heterocycles. The molecule has 1 aromatic carbocycles. The molecule has 0 saturated carbocycles. The van der Waals surface area contributed by atoms with Gasteiger partial charge in [0.1, 0.15) is 5.82 Å². The highest BCUT2D eigenvalue weighted by atomic mass is 127. The van der Waals surface area contributed by atoms with Gasteiger partial charge in [0.15, 0.2) is 15.8 Å². The Kier molecular flexibility index (Phi) is 10.1. The molecule has 2 aliphatic rings. The van der Waals surface area contributed by atoms with E-state index in [1.807, 2.05) is 19.1 Å². The van der Waals surface area contributed by atoms with Gasteiger partial charge in [0, 0.05) is 51.9 Å². The number of para-hydroxylation sites is 1. The Labute approximate surface area is 196 Å². The molecule has 0 bridgehead atoms. The SMILES string of the molecule is CCNC(=NCCCN1CCN(c2ccccc2F)CC1)NC1CCS(=O)(=O)C1.I. The number of nitrogens with one attached hydrogen (secondary N) is 2. The molecule has 0 aromatic heterocycles. The van der Waals surface area contributed by atoms with E-state index in [-0.39, 0.29) is 47.3 Å². The van der Waals surface area contributed by atoms with E-state index in [0.29, 0.717) is 24.6 Å². The summed E-state index contributed by atoms with van der Waals surface area (Å²) in [5.74, 6) is 0.972. The molecule has 2 aliphatic heterocycles. The average Bonchev–Trinajstić information content (AvgIpc) is 3.04. The maximum Gasteiger partial charge on any atom is 0.191 e. The lowest BCUT2D eigenvalue weighted by Crippen LogP contribution is -2.47. The van der Waals surface area contributed by atoms with Crippen LogP contribution in [0.15, 0.2) is 29.3 Å². The molecular formula is C20H33FIN5O2S. The molecule has 2 N–H and O–H groups in total. The predicted octanol–water partition coefficient (Wildman–Crippen LogP) is 1.70. The molecule has 0 spiro atoms. The van der Waals surface area contributed by atoms with Crippen LogP contribution in [-0.4, -0.2) is 82.6 Å². The molecule has 30 heavy (non-hydrogen) atoms. The Bertz CT molecular complexity index is 800. The summed E-state index contributed by atoms with van der Waals surface area (Å²) in [6.45, 7) is 7.84. The molecule has 170 valence electrons. The number of hydrogen-bond acceptors (Lipinski definition) is 5. The minimum atomic E-state index is -2.90. The quantitative estimate of drug-likeness (QED) is 0.232. The van der Waals surface area contributed by atoms with E-state index < -0.39 is 9.84 Å². The van der Waals surface area contributed by atoms with Gasteiger partial charge in [-0.15, -0.1) is 24.0 Å². The molecule has 2 fully saturated rings. The number of halogens is 2. The van der Waals surface area contributed by atoms with Gasteiger partial charge in [0.25, 0.3) is 0 Å². The molecule has 10 heteroatoms. The van der Waals surface area contributed by atoms with Crippen molar-refractivity contribution in [2.45, 2.75) is 25.8 Å². The number of hydrogen-bond donors (Lipinski definition) is 2. The van der Waals surface area contributed by atoms with Crippen molar-refractivity contribution >= 4 is 45.5 Å². The molecule has 0 aliphatic carbocycles. The number of rotatable bonds is 7. The van der Waals surface area contributed by atoms with Gasteiger partial charge in [-0.25, -0.2) is 12.8 Å². The topological polar surface area (TPSA) is 77.0 Å². The van der Waals surface area contributed by atoms with Crippen LogP contribution in [-0.2, 0) is 9.84 Å². The molecule has 1 aromatic rings. The molecule has 1 unspecified atom stereocenters. The standard InChI is InChI=1S/C20H32FN5O2S.HI/c1-2-22-20(24-17-8-15-29(27,28)16-17)23-9-5-10-25-11-13-26(14-12-25)19-7-4-3-6-18(19)21;/h3-4,6-7,17H,2,5,8-16H2,1H3,(H2,22,23,24);1H. The van der Waals surface area contributed by atoms with E-state index in [1.165, 1.54) is 6.07 Å². The first kappa shape index (κ1) is 25.1. The second-order valence-corrected chi connectivity index (χ2v) is 9.87. The van der Waals surface area contributed by atoms with Crippen molar-refractivity contribution in [3.05, 3.63) is 30.1 Å². The average molecular weight is 553 g/mol. The summed E-state index contributed by atoms with van der Waals surface area (Å²) in [6, 6.07) is 6.89. The van der Waals surface area contributed by atoms with Crippen LogP contribution in [0.25, 0.3) is 0 Å². The van der Waals surface area contributed by atoms with E-state index in [9.17, 15) is 12.8 Å². The maximum atomic E-state index is 13.9. The summed E-state index contributed by atoms with van der Waals surface area (Å²) in [5, 5.41) is 6.44. The highest BCUT2D eigenvalue weighted by Crippen LogP contribution is 2.20. The summed E-state index contributed by atoms with van der Waals surface area (Å²) in [6.07, 6.45) is 1.57. The fourth-order valence-corrected chi connectivity index (χ4v) is 5.50. The Balaban J connectivity index is 0.00000320. The number of benzene rings is 1. The van der Waals surface area contributed by atoms with Crippen molar-refractivity contribution in [3.63, 3.8) is 0 Å². The number of guanidine groups is 1. The first-order chi connectivity index (χ1) is 14.0. The fraction of sp³-hybridized carbons (Fsp3) is 0.650. The zero-order valence-corrected chi connectivity index (χ0v) is 20.7. The van der Waals surface area contributed by atoms with Crippen molar-refractivity contribution in [3.8, 4) is 0 Å². The third-order valence-electron chi connectivity index (χ3n) is 5.39. The number of sulfone groups is 1. The van der Waals surface area contributed by atoms with E-state index in [2.05, 4.69) is 25.4 Å². The van der Waals surface area contributed by atoms with Gasteiger partial charge < -0.3 is 15.5 Å². The monoisotopic (exact) mass is 553 g/mol. The van der Waals surface area contributed by atoms with Crippen molar-refractivity contribution in [1.29, 1.82) is 0 Å². The lowest BCUT2D eigenvalue weighted by Gasteiger charge is -2.36. The fourth-order valence-electron chi connectivity index (χ4n) is 3.83. The van der Waals surface area contributed by atoms with Crippen LogP contribution < -0.4 is 15.5 Å². The number of nitrogens with zero attached hydrogens (tertiary/aromatic N) is 3. The van der Waals surface area contributed by atoms with Crippen molar-refractivity contribution in [2.24, 2.45) is 4.99 Å². The molecule has 0 radical (unpaired) electrons. The van der Waals surface area contributed by atoms with Crippen molar-refractivity contribution < 1.29 is 12.8 Å². The second kappa shape index (κ2) is 12.0. The number of aliphatic imine (C=N–C) groups is 1. The first-order valence-corrected chi connectivity index (χ1v) is 12.3. The van der Waals surface area contributed by atoms with Crippen LogP contribution in [0.5, 0.6) is 0 Å². The summed E-state index contributed by atoms with van der Waals surface area (Å²) >= 11 is 0. The zero-order valence-electron chi connectivity index (χ0n) is 17.5. The van der Waals surface area contributed by atoms with E-state index in [4.69, 9.17) is 0 Å². The molecule has 0 amide bonds. The summed E-state index contributed by atoms with van der Waals surface area (Å²) in [7, 11) is -2.90. The van der Waals surface area contributed by atoms with E-state index in [1.54, 1.807) is 6.07 Å². The van der Waals surface area contributed by atoms with Gasteiger partial charge in [0.2, 0.25) is 0 Å². The maximum absolute atomic E-state index is 13.9. The summed E-state index contributed by atoms with van der Waals surface area (Å²) < 4.78 is 37.2. The van der Waals surface area contributed by atoms with Gasteiger partial charge in [-0.05, 0) is 31.9 Å². The molecule has 7 nitrogen and oxygen atoms in total. The first-order valence-electron chi connectivity index (χ1n) is 10.4. The van der Waals surface area contributed by atoms with Crippen LogP contribution in [0.3, 0.4) is 0 Å². The van der Waals surface area contributed by atoms with Gasteiger partial charge in [-0.1, -0.05) is 12.1 Å². The third kappa shape index (κ3) is 7.52. The summed E-state index contributed by atoms with van der Waals surface area (Å²) in [5.41, 5.74) is 0.687. The highest BCUT2D eigenvalue weighted by Gasteiger charge is 2.28. The highest BCUT2D eigenvalue weighted by molar-refractivity contribution is 14.0. The van der Waals surface area contributed by atoms with Crippen LogP contribution in [0, 0.1) is 5.82 Å². The van der Waals surface area contributed by atoms with Gasteiger partial charge in [-0.3, -0.25) is 9.89 Å². The molecular weight excluding hydrogens is 520 g/mol. The molecule has 1 atom stereocenters. The Hall–Kier alpha value is -1.14. The van der Waals surface area contributed by atoms with Gasteiger partial charge in [-0.2, -0.15) is 0 Å². The van der Waals surface area contributed by atoms with Crippen LogP contribution in [0.2, 0.25) is 0 Å². The second-order valence-electron chi connectivity index (χ2n) is 7.64. The zero-order chi connectivity index (χ0) is 20.7. The van der Waals surface area contributed by atoms with Crippen LogP contribution >= 0.6 is 24.0 Å². The van der Waals surface area contributed by atoms with E-state index >= 15 is 0 Å². The van der Waals surface area contributed by atoms with Gasteiger partial charge in [0.05, 0.1) is 17.2 Å². The Morgan fingerprint density at radius 3 is 2.60 bits per heavy atom. The minimum absolute atomic E-state index is 0. The smallest absolute Gasteiger partial charge is 0.191 e. The van der Waals surface area contributed by atoms with Crippen molar-refractivity contribution in [1.82, 2.24) is 15.5 Å². The summed E-state index contributed by atoms with van der Waals surface area (Å²) in [4.78, 5) is 9.09. The Morgan fingerprint density at radius 2 is 1.97 bits per heavy atom. The van der Waals surface area contributed by atoms with Crippen LogP contribution in [0.4, 0.5) is 10.1 Å². The van der Waals surface area contributed by atoms with Gasteiger partial charge >= 0.3 is 0 Å². The molecule has 3 rings (SSSR count). The number of piperazine rings is 1. The largest absolute Gasteiger partial charge is 0.367 e.